The van der Waals surface area contributed by atoms with Crippen LogP contribution in [0.1, 0.15) is 10.5 Å². The summed E-state index contributed by atoms with van der Waals surface area (Å²) < 4.78 is 33.0. The number of nitrogens with two attached hydrogens (primary N) is 1. The number of ether oxygens (including phenoxy) is 1. The highest BCUT2D eigenvalue weighted by Gasteiger charge is 2.20. The molecule has 7 nitrogen and oxygen atoms in total. The van der Waals surface area contributed by atoms with E-state index in [0.717, 1.165) is 6.07 Å². The zero-order valence-electron chi connectivity index (χ0n) is 16.5. The third kappa shape index (κ3) is 4.59. The molecule has 0 aliphatic carbocycles. The molecule has 1 amide bonds. The van der Waals surface area contributed by atoms with Gasteiger partial charge in [0, 0.05) is 30.0 Å². The molecule has 32 heavy (non-hydrogen) atoms. The third-order valence-corrected chi connectivity index (χ3v) is 4.50. The van der Waals surface area contributed by atoms with E-state index in [-0.39, 0.29) is 28.7 Å². The monoisotopic (exact) mass is 434 g/mol. The van der Waals surface area contributed by atoms with Crippen molar-refractivity contribution in [3.05, 3.63) is 102 Å². The number of anilines is 1. The van der Waals surface area contributed by atoms with Crippen LogP contribution in [0.2, 0.25) is 0 Å². The van der Waals surface area contributed by atoms with E-state index in [1.54, 1.807) is 12.1 Å². The lowest BCUT2D eigenvalue weighted by Crippen LogP contribution is -3.05. The number of hydrogen-bond acceptors (Lipinski definition) is 6. The summed E-state index contributed by atoms with van der Waals surface area (Å²) in [6, 6.07) is 16.5. The summed E-state index contributed by atoms with van der Waals surface area (Å²) in [5.41, 5.74) is 6.29. The number of halogens is 2. The average Bonchev–Trinajstić information content (AvgIpc) is 2.80. The Kier molecular flexibility index (Phi) is 5.84. The van der Waals surface area contributed by atoms with Gasteiger partial charge in [-0.05, 0) is 48.5 Å². The molecule has 2 aromatic heterocycles. The Hall–Kier alpha value is -4.21. The van der Waals surface area contributed by atoms with Crippen molar-refractivity contribution in [3.63, 3.8) is 0 Å². The van der Waals surface area contributed by atoms with Crippen LogP contribution >= 0.6 is 0 Å². The zero-order valence-corrected chi connectivity index (χ0v) is 16.5. The summed E-state index contributed by atoms with van der Waals surface area (Å²) in [7, 11) is 0. The number of hydroxylamine groups is 1. The molecule has 0 saturated heterocycles. The maximum absolute atomic E-state index is 14.5. The predicted molar refractivity (Wildman–Crippen MR) is 113 cm³/mol. The summed E-state index contributed by atoms with van der Waals surface area (Å²) >= 11 is 0. The number of benzene rings is 2. The van der Waals surface area contributed by atoms with Crippen LogP contribution in [0, 0.1) is 16.8 Å². The van der Waals surface area contributed by atoms with Crippen molar-refractivity contribution in [1.29, 1.82) is 0 Å². The molecule has 0 spiro atoms. The lowest BCUT2D eigenvalue weighted by Gasteiger charge is -2.19. The maximum atomic E-state index is 14.5. The first kappa shape index (κ1) is 21.0. The smallest absolute Gasteiger partial charge is 0.367 e. The van der Waals surface area contributed by atoms with Gasteiger partial charge in [-0.3, -0.25) is 5.06 Å². The topological polar surface area (TPSA) is 106 Å². The van der Waals surface area contributed by atoms with E-state index in [9.17, 15) is 18.8 Å². The van der Waals surface area contributed by atoms with Gasteiger partial charge in [0.25, 0.3) is 0 Å². The number of pyridine rings is 2. The SMILES string of the molecule is Nc1cc(Oc2ccc([NH+]([O-])C(=O)c3cccc(-c4ccc(F)cc4)n3)cc2F)ccn1. The molecule has 4 rings (SSSR count). The van der Waals surface area contributed by atoms with Gasteiger partial charge in [0.2, 0.25) is 0 Å². The minimum atomic E-state index is -0.924. The maximum Gasteiger partial charge on any atom is 0.367 e. The second kappa shape index (κ2) is 8.88. The second-order valence-corrected chi connectivity index (χ2v) is 6.74. The van der Waals surface area contributed by atoms with Gasteiger partial charge in [-0.2, -0.15) is 0 Å². The summed E-state index contributed by atoms with van der Waals surface area (Å²) in [4.78, 5) is 20.7. The van der Waals surface area contributed by atoms with Gasteiger partial charge in [0.1, 0.15) is 23.1 Å². The van der Waals surface area contributed by atoms with Gasteiger partial charge in [-0.25, -0.2) is 23.5 Å². The van der Waals surface area contributed by atoms with E-state index in [1.807, 2.05) is 0 Å². The number of hydrogen-bond donors (Lipinski definition) is 2. The average molecular weight is 434 g/mol. The highest BCUT2D eigenvalue weighted by atomic mass is 19.1. The third-order valence-electron chi connectivity index (χ3n) is 4.50. The standard InChI is InChI=1S/C23H16F2N4O3/c24-15-6-4-14(5-7-15)19-2-1-3-20(28-19)23(30)29(31)16-8-9-21(18(25)12-16)32-17-10-11-27-22(26)13-17/h1-13,29H,(H2,26,27). The minimum absolute atomic E-state index is 0.107. The summed E-state index contributed by atoms with van der Waals surface area (Å²) in [6.07, 6.45) is 1.41. The Morgan fingerprint density at radius 1 is 1.00 bits per heavy atom. The molecular weight excluding hydrogens is 418 g/mol. The van der Waals surface area contributed by atoms with E-state index in [4.69, 9.17) is 10.5 Å². The van der Waals surface area contributed by atoms with Crippen molar-refractivity contribution in [2.45, 2.75) is 0 Å². The number of nitrogen functional groups attached to an aromatic ring is 1. The van der Waals surface area contributed by atoms with E-state index in [2.05, 4.69) is 9.97 Å². The molecule has 3 N–H and O–H groups in total. The van der Waals surface area contributed by atoms with Crippen LogP contribution in [0.3, 0.4) is 0 Å². The van der Waals surface area contributed by atoms with Crippen molar-refractivity contribution < 1.29 is 23.4 Å². The fraction of sp³-hybridized carbons (Fsp3) is 0. The zero-order chi connectivity index (χ0) is 22.7. The lowest BCUT2D eigenvalue weighted by molar-refractivity contribution is -0.679. The van der Waals surface area contributed by atoms with E-state index in [1.165, 1.54) is 60.8 Å². The summed E-state index contributed by atoms with van der Waals surface area (Å²) in [6.45, 7) is 0. The first-order valence-corrected chi connectivity index (χ1v) is 9.41. The van der Waals surface area contributed by atoms with Crippen molar-refractivity contribution >= 4 is 17.4 Å². The van der Waals surface area contributed by atoms with Crippen LogP contribution in [-0.2, 0) is 0 Å². The van der Waals surface area contributed by atoms with E-state index < -0.39 is 22.6 Å². The largest absolute Gasteiger partial charge is 0.621 e. The molecule has 0 saturated carbocycles. The Bertz CT molecular complexity index is 1280. The van der Waals surface area contributed by atoms with E-state index >= 15 is 0 Å². The van der Waals surface area contributed by atoms with Crippen LogP contribution in [0.25, 0.3) is 11.3 Å². The highest BCUT2D eigenvalue weighted by molar-refractivity contribution is 5.87. The number of carbonyl (C=O) groups is 1. The fourth-order valence-corrected chi connectivity index (χ4v) is 2.93. The molecule has 0 bridgehead atoms. The molecule has 1 atom stereocenters. The molecule has 2 aromatic carbocycles. The quantitative estimate of drug-likeness (QED) is 0.465. The Labute approximate surface area is 181 Å². The molecule has 2 heterocycles. The molecule has 0 aliphatic heterocycles. The Morgan fingerprint density at radius 3 is 2.50 bits per heavy atom. The molecule has 0 fully saturated rings. The molecular formula is C23H16F2N4O3. The number of quaternary nitrogens is 1. The summed E-state index contributed by atoms with van der Waals surface area (Å²) in [5.74, 6) is -1.80. The van der Waals surface area contributed by atoms with Crippen LogP contribution in [-0.4, -0.2) is 15.9 Å². The number of nitrogens with one attached hydrogen (secondary N) is 1. The number of amides is 1. The van der Waals surface area contributed by atoms with Crippen LogP contribution < -0.4 is 15.5 Å². The number of rotatable bonds is 5. The van der Waals surface area contributed by atoms with Gasteiger partial charge in [-0.15, -0.1) is 0 Å². The highest BCUT2D eigenvalue weighted by Crippen LogP contribution is 2.26. The summed E-state index contributed by atoms with van der Waals surface area (Å²) in [5, 5.41) is 11.7. The predicted octanol–water partition coefficient (Wildman–Crippen LogP) is 3.65. The van der Waals surface area contributed by atoms with Crippen LogP contribution in [0.15, 0.2) is 79.0 Å². The minimum Gasteiger partial charge on any atom is -0.621 e. The molecule has 0 aliphatic rings. The first-order valence-electron chi connectivity index (χ1n) is 9.41. The Morgan fingerprint density at radius 2 is 1.78 bits per heavy atom. The molecule has 4 aromatic rings. The number of aromatic nitrogens is 2. The Balaban J connectivity index is 1.54. The molecule has 0 radical (unpaired) electrons. The van der Waals surface area contributed by atoms with Gasteiger partial charge in [0.15, 0.2) is 17.3 Å². The van der Waals surface area contributed by atoms with Gasteiger partial charge >= 0.3 is 5.91 Å². The molecule has 1 unspecified atom stereocenters. The fourth-order valence-electron chi connectivity index (χ4n) is 2.93. The normalized spacial score (nSPS) is 11.7. The van der Waals surface area contributed by atoms with Crippen molar-refractivity contribution in [2.75, 3.05) is 5.73 Å². The van der Waals surface area contributed by atoms with Crippen LogP contribution in [0.4, 0.5) is 20.3 Å². The van der Waals surface area contributed by atoms with Crippen molar-refractivity contribution in [3.8, 4) is 22.8 Å². The van der Waals surface area contributed by atoms with Crippen molar-refractivity contribution in [1.82, 2.24) is 9.97 Å². The lowest BCUT2D eigenvalue weighted by atomic mass is 10.1. The van der Waals surface area contributed by atoms with Gasteiger partial charge in [-0.1, -0.05) is 6.07 Å². The number of nitrogens with zero attached hydrogens (tertiary/aromatic N) is 2. The van der Waals surface area contributed by atoms with Crippen molar-refractivity contribution in [2.24, 2.45) is 0 Å². The van der Waals surface area contributed by atoms with Gasteiger partial charge < -0.3 is 15.7 Å². The molecule has 160 valence electrons. The van der Waals surface area contributed by atoms with Crippen LogP contribution in [0.5, 0.6) is 11.5 Å². The number of carbonyl (C=O) groups excluding carboxylic acids is 1. The first-order chi connectivity index (χ1) is 15.4. The second-order valence-electron chi connectivity index (χ2n) is 6.74. The molecule has 9 heteroatoms. The van der Waals surface area contributed by atoms with Gasteiger partial charge in [0.05, 0.1) is 5.69 Å². The van der Waals surface area contributed by atoms with E-state index in [0.29, 0.717) is 11.3 Å².